The number of rotatable bonds is 10. The molecule has 0 spiro atoms. The van der Waals surface area contributed by atoms with E-state index in [2.05, 4.69) is 12.1 Å². The summed E-state index contributed by atoms with van der Waals surface area (Å²) in [6, 6.07) is 10.1. The van der Waals surface area contributed by atoms with Crippen molar-refractivity contribution < 1.29 is 19.4 Å². The summed E-state index contributed by atoms with van der Waals surface area (Å²) in [5.41, 5.74) is 0. The van der Waals surface area contributed by atoms with Crippen molar-refractivity contribution in [2.45, 2.75) is 17.7 Å². The number of esters is 1. The molecule has 4 nitrogen and oxygen atoms in total. The predicted octanol–water partition coefficient (Wildman–Crippen LogP) is 2.11. The van der Waals surface area contributed by atoms with Crippen molar-refractivity contribution in [3.05, 3.63) is 30.3 Å². The molecule has 0 saturated heterocycles. The Morgan fingerprint density at radius 2 is 1.95 bits per heavy atom. The maximum atomic E-state index is 11.4. The van der Waals surface area contributed by atoms with Gasteiger partial charge in [0.2, 0.25) is 0 Å². The highest BCUT2D eigenvalue weighted by atomic mass is 32.2. The minimum absolute atomic E-state index is 0.00927. The highest BCUT2D eigenvalue weighted by molar-refractivity contribution is 7.99. The maximum Gasteiger partial charge on any atom is 0.305 e. The Balaban J connectivity index is 1.95. The van der Waals surface area contributed by atoms with Crippen molar-refractivity contribution in [3.8, 4) is 0 Å². The summed E-state index contributed by atoms with van der Waals surface area (Å²) in [5, 5.41) is 8.48. The molecule has 1 rings (SSSR count). The van der Waals surface area contributed by atoms with Gasteiger partial charge >= 0.3 is 5.97 Å². The van der Waals surface area contributed by atoms with Crippen LogP contribution in [0.2, 0.25) is 0 Å². The first-order chi connectivity index (χ1) is 9.33. The zero-order chi connectivity index (χ0) is 13.8. The third-order valence-electron chi connectivity index (χ3n) is 2.26. The molecular weight excluding hydrogens is 264 g/mol. The van der Waals surface area contributed by atoms with Gasteiger partial charge < -0.3 is 14.6 Å². The van der Waals surface area contributed by atoms with Gasteiger partial charge in [-0.05, 0) is 24.3 Å². The third-order valence-corrected chi connectivity index (χ3v) is 3.36. The Morgan fingerprint density at radius 1 is 1.16 bits per heavy atom. The lowest BCUT2D eigenvalue weighted by Gasteiger charge is -2.05. The van der Waals surface area contributed by atoms with Gasteiger partial charge in [-0.2, -0.15) is 0 Å². The van der Waals surface area contributed by atoms with E-state index in [4.69, 9.17) is 14.6 Å². The summed E-state index contributed by atoms with van der Waals surface area (Å²) in [4.78, 5) is 12.6. The molecule has 1 aromatic rings. The summed E-state index contributed by atoms with van der Waals surface area (Å²) in [6.45, 7) is 0.867. The SMILES string of the molecule is O=C(CCCSc1ccccc1)OCCOCCO. The van der Waals surface area contributed by atoms with Crippen LogP contribution in [-0.2, 0) is 14.3 Å². The first-order valence-electron chi connectivity index (χ1n) is 6.35. The summed E-state index contributed by atoms with van der Waals surface area (Å²) in [5.74, 6) is 0.710. The van der Waals surface area contributed by atoms with Crippen LogP contribution < -0.4 is 0 Å². The lowest BCUT2D eigenvalue weighted by molar-refractivity contribution is -0.145. The molecule has 0 radical (unpaired) electrons. The number of carbonyl (C=O) groups is 1. The number of hydrogen-bond donors (Lipinski definition) is 1. The largest absolute Gasteiger partial charge is 0.463 e. The molecule has 0 aliphatic carbocycles. The fraction of sp³-hybridized carbons (Fsp3) is 0.500. The number of aliphatic hydroxyl groups excluding tert-OH is 1. The Bertz CT molecular complexity index is 343. The van der Waals surface area contributed by atoms with E-state index in [1.165, 1.54) is 4.90 Å². The molecule has 0 unspecified atom stereocenters. The number of hydrogen-bond acceptors (Lipinski definition) is 5. The van der Waals surface area contributed by atoms with Gasteiger partial charge in [-0.15, -0.1) is 11.8 Å². The van der Waals surface area contributed by atoms with Crippen molar-refractivity contribution in [1.29, 1.82) is 0 Å². The van der Waals surface area contributed by atoms with Crippen LogP contribution in [0, 0.1) is 0 Å². The third kappa shape index (κ3) is 8.64. The zero-order valence-electron chi connectivity index (χ0n) is 10.9. The van der Waals surface area contributed by atoms with Gasteiger partial charge in [0.05, 0.1) is 19.8 Å². The summed E-state index contributed by atoms with van der Waals surface area (Å²) >= 11 is 1.74. The molecule has 0 fully saturated rings. The van der Waals surface area contributed by atoms with E-state index in [1.54, 1.807) is 11.8 Å². The van der Waals surface area contributed by atoms with Crippen LogP contribution in [0.4, 0.5) is 0 Å². The lowest BCUT2D eigenvalue weighted by atomic mass is 10.3. The zero-order valence-corrected chi connectivity index (χ0v) is 11.7. The molecule has 0 saturated carbocycles. The summed E-state index contributed by atoms with van der Waals surface area (Å²) in [6.07, 6.45) is 1.23. The molecular formula is C14H20O4S. The van der Waals surface area contributed by atoms with Gasteiger partial charge in [-0.3, -0.25) is 4.79 Å². The average Bonchev–Trinajstić information content (AvgIpc) is 2.44. The monoisotopic (exact) mass is 284 g/mol. The average molecular weight is 284 g/mol. The molecule has 1 N–H and O–H groups in total. The first-order valence-corrected chi connectivity index (χ1v) is 7.33. The van der Waals surface area contributed by atoms with Crippen molar-refractivity contribution in [3.63, 3.8) is 0 Å². The van der Waals surface area contributed by atoms with Crippen LogP contribution in [0.25, 0.3) is 0 Å². The minimum atomic E-state index is -0.193. The molecule has 5 heteroatoms. The predicted molar refractivity (Wildman–Crippen MR) is 75.3 cm³/mol. The van der Waals surface area contributed by atoms with Gasteiger partial charge in [0.25, 0.3) is 0 Å². The molecule has 0 aliphatic rings. The second-order valence-corrected chi connectivity index (χ2v) is 4.99. The van der Waals surface area contributed by atoms with E-state index in [0.29, 0.717) is 13.0 Å². The Hall–Kier alpha value is -1.04. The van der Waals surface area contributed by atoms with E-state index in [-0.39, 0.29) is 25.8 Å². The van der Waals surface area contributed by atoms with E-state index in [9.17, 15) is 4.79 Å². The van der Waals surface area contributed by atoms with Crippen LogP contribution in [0.1, 0.15) is 12.8 Å². The highest BCUT2D eigenvalue weighted by Crippen LogP contribution is 2.18. The van der Waals surface area contributed by atoms with Crippen molar-refractivity contribution in [2.75, 3.05) is 32.2 Å². The number of benzene rings is 1. The van der Waals surface area contributed by atoms with E-state index in [0.717, 1.165) is 12.2 Å². The maximum absolute atomic E-state index is 11.4. The molecule has 0 aromatic heterocycles. The Morgan fingerprint density at radius 3 is 2.68 bits per heavy atom. The number of carbonyl (C=O) groups excluding carboxylic acids is 1. The van der Waals surface area contributed by atoms with Gasteiger partial charge in [0.15, 0.2) is 0 Å². The highest BCUT2D eigenvalue weighted by Gasteiger charge is 2.02. The number of ether oxygens (including phenoxy) is 2. The fourth-order valence-electron chi connectivity index (χ4n) is 1.38. The van der Waals surface area contributed by atoms with E-state index in [1.807, 2.05) is 18.2 Å². The van der Waals surface area contributed by atoms with E-state index >= 15 is 0 Å². The van der Waals surface area contributed by atoms with Crippen LogP contribution in [0.3, 0.4) is 0 Å². The first kappa shape index (κ1) is 16.0. The topological polar surface area (TPSA) is 55.8 Å². The van der Waals surface area contributed by atoms with Gasteiger partial charge in [0.1, 0.15) is 6.61 Å². The summed E-state index contributed by atoms with van der Waals surface area (Å²) < 4.78 is 9.97. The molecule has 1 aromatic carbocycles. The number of aliphatic hydroxyl groups is 1. The normalized spacial score (nSPS) is 10.4. The van der Waals surface area contributed by atoms with Crippen LogP contribution >= 0.6 is 11.8 Å². The number of thioether (sulfide) groups is 1. The van der Waals surface area contributed by atoms with Crippen LogP contribution in [0.5, 0.6) is 0 Å². The summed E-state index contributed by atoms with van der Waals surface area (Å²) in [7, 11) is 0. The van der Waals surface area contributed by atoms with Crippen molar-refractivity contribution >= 4 is 17.7 Å². The van der Waals surface area contributed by atoms with E-state index < -0.39 is 0 Å². The van der Waals surface area contributed by atoms with Crippen LogP contribution in [-0.4, -0.2) is 43.3 Å². The second kappa shape index (κ2) is 10.8. The quantitative estimate of drug-likeness (QED) is 0.405. The molecule has 0 amide bonds. The van der Waals surface area contributed by atoms with Gasteiger partial charge in [0, 0.05) is 11.3 Å². The molecule has 0 heterocycles. The molecule has 106 valence electrons. The smallest absolute Gasteiger partial charge is 0.305 e. The molecule has 0 atom stereocenters. The standard InChI is InChI=1S/C14H20O4S/c15-8-9-17-10-11-18-14(16)7-4-12-19-13-5-2-1-3-6-13/h1-3,5-6,15H,4,7-12H2. The fourth-order valence-corrected chi connectivity index (χ4v) is 2.25. The molecule has 19 heavy (non-hydrogen) atoms. The molecule has 0 bridgehead atoms. The van der Waals surface area contributed by atoms with Gasteiger partial charge in [-0.25, -0.2) is 0 Å². The van der Waals surface area contributed by atoms with Crippen molar-refractivity contribution in [2.24, 2.45) is 0 Å². The van der Waals surface area contributed by atoms with Gasteiger partial charge in [-0.1, -0.05) is 18.2 Å². The minimum Gasteiger partial charge on any atom is -0.463 e. The second-order valence-electron chi connectivity index (χ2n) is 3.82. The Kier molecular flexibility index (Phi) is 9.14. The Labute approximate surface area is 118 Å². The lowest BCUT2D eigenvalue weighted by Crippen LogP contribution is -2.12. The molecule has 0 aliphatic heterocycles. The van der Waals surface area contributed by atoms with Crippen molar-refractivity contribution in [1.82, 2.24) is 0 Å². The van der Waals surface area contributed by atoms with Crippen LogP contribution in [0.15, 0.2) is 35.2 Å².